The summed E-state index contributed by atoms with van der Waals surface area (Å²) in [6.07, 6.45) is 4.95. The maximum Gasteiger partial charge on any atom is 0.0853 e. The number of aromatic nitrogens is 3. The molecule has 0 amide bonds. The number of hydrogen-bond acceptors (Lipinski definition) is 2. The third-order valence-corrected chi connectivity index (χ3v) is 3.34. The fraction of sp³-hybridized carbons (Fsp3) is 0.267. The Morgan fingerprint density at radius 3 is 3.05 bits per heavy atom. The Hall–Kier alpha value is -2.23. The number of rotatable bonds is 4. The minimum atomic E-state index is 0.819. The number of aryl methyl sites for hydroxylation is 2. The molecule has 2 aromatic heterocycles. The van der Waals surface area contributed by atoms with Crippen LogP contribution in [0.3, 0.4) is 0 Å². The molecule has 0 atom stereocenters. The van der Waals surface area contributed by atoms with Gasteiger partial charge < -0.3 is 10.3 Å². The summed E-state index contributed by atoms with van der Waals surface area (Å²) in [6, 6.07) is 8.57. The highest BCUT2D eigenvalue weighted by Gasteiger charge is 2.05. The van der Waals surface area contributed by atoms with Gasteiger partial charge in [-0.2, -0.15) is 5.10 Å². The average molecular weight is 254 g/mol. The van der Waals surface area contributed by atoms with Crippen LogP contribution in [0.25, 0.3) is 10.9 Å². The third kappa shape index (κ3) is 2.34. The molecule has 19 heavy (non-hydrogen) atoms. The monoisotopic (exact) mass is 254 g/mol. The average Bonchev–Trinajstić information content (AvgIpc) is 3.01. The summed E-state index contributed by atoms with van der Waals surface area (Å²) in [5, 5.41) is 9.15. The van der Waals surface area contributed by atoms with Crippen molar-refractivity contribution < 1.29 is 0 Å². The standard InChI is InChI=1S/C15H18N4/c1-3-13-15(10-19(2)18-13)17-9-11-4-5-14-12(8-11)6-7-16-14/h4-8,10,16-17H,3,9H2,1-2H3. The van der Waals surface area contributed by atoms with Gasteiger partial charge in [-0.05, 0) is 35.6 Å². The quantitative estimate of drug-likeness (QED) is 0.751. The molecule has 0 saturated heterocycles. The maximum atomic E-state index is 4.43. The second-order valence-corrected chi connectivity index (χ2v) is 4.77. The first-order chi connectivity index (χ1) is 9.26. The minimum Gasteiger partial charge on any atom is -0.378 e. The Kier molecular flexibility index (Phi) is 2.99. The van der Waals surface area contributed by atoms with Crippen LogP contribution in [0.15, 0.2) is 36.7 Å². The number of benzene rings is 1. The summed E-state index contributed by atoms with van der Waals surface area (Å²) >= 11 is 0. The van der Waals surface area contributed by atoms with E-state index in [2.05, 4.69) is 46.6 Å². The summed E-state index contributed by atoms with van der Waals surface area (Å²) in [5.74, 6) is 0. The van der Waals surface area contributed by atoms with Crippen LogP contribution >= 0.6 is 0 Å². The fourth-order valence-corrected chi connectivity index (χ4v) is 2.35. The Morgan fingerprint density at radius 2 is 2.21 bits per heavy atom. The van der Waals surface area contributed by atoms with Crippen molar-refractivity contribution in [3.8, 4) is 0 Å². The van der Waals surface area contributed by atoms with E-state index in [1.165, 1.54) is 16.5 Å². The van der Waals surface area contributed by atoms with Gasteiger partial charge >= 0.3 is 0 Å². The highest BCUT2D eigenvalue weighted by molar-refractivity contribution is 5.79. The van der Waals surface area contributed by atoms with Crippen molar-refractivity contribution in [2.45, 2.75) is 19.9 Å². The Morgan fingerprint density at radius 1 is 1.32 bits per heavy atom. The number of nitrogens with one attached hydrogen (secondary N) is 2. The van der Waals surface area contributed by atoms with Gasteiger partial charge in [-0.15, -0.1) is 0 Å². The number of H-pyrrole nitrogens is 1. The fourth-order valence-electron chi connectivity index (χ4n) is 2.35. The molecular weight excluding hydrogens is 236 g/mol. The lowest BCUT2D eigenvalue weighted by Crippen LogP contribution is -2.00. The third-order valence-electron chi connectivity index (χ3n) is 3.34. The van der Waals surface area contributed by atoms with E-state index in [0.717, 1.165) is 24.3 Å². The summed E-state index contributed by atoms with van der Waals surface area (Å²) in [7, 11) is 1.95. The van der Waals surface area contributed by atoms with Crippen LogP contribution < -0.4 is 5.32 Å². The molecule has 3 rings (SSSR count). The lowest BCUT2D eigenvalue weighted by molar-refractivity contribution is 0.746. The van der Waals surface area contributed by atoms with Gasteiger partial charge in [0.15, 0.2) is 0 Å². The van der Waals surface area contributed by atoms with Crippen LogP contribution in [0, 0.1) is 0 Å². The van der Waals surface area contributed by atoms with Crippen LogP contribution in [0.5, 0.6) is 0 Å². The molecule has 4 heteroatoms. The van der Waals surface area contributed by atoms with Crippen molar-refractivity contribution in [1.82, 2.24) is 14.8 Å². The highest BCUT2D eigenvalue weighted by atomic mass is 15.3. The van der Waals surface area contributed by atoms with E-state index in [1.54, 1.807) is 0 Å². The zero-order valence-corrected chi connectivity index (χ0v) is 11.3. The number of fused-ring (bicyclic) bond motifs is 1. The van der Waals surface area contributed by atoms with E-state index in [4.69, 9.17) is 0 Å². The van der Waals surface area contributed by atoms with Gasteiger partial charge in [0.2, 0.25) is 0 Å². The molecule has 2 heterocycles. The molecule has 0 unspecified atom stereocenters. The van der Waals surface area contributed by atoms with Gasteiger partial charge in [-0.1, -0.05) is 13.0 Å². The van der Waals surface area contributed by atoms with E-state index < -0.39 is 0 Å². The van der Waals surface area contributed by atoms with Crippen LogP contribution in [0.4, 0.5) is 5.69 Å². The van der Waals surface area contributed by atoms with Crippen LogP contribution in [-0.2, 0) is 20.0 Å². The zero-order chi connectivity index (χ0) is 13.2. The maximum absolute atomic E-state index is 4.43. The summed E-state index contributed by atoms with van der Waals surface area (Å²) < 4.78 is 1.86. The van der Waals surface area contributed by atoms with E-state index >= 15 is 0 Å². The van der Waals surface area contributed by atoms with Gasteiger partial charge in [0.1, 0.15) is 0 Å². The molecule has 3 aromatic rings. The summed E-state index contributed by atoms with van der Waals surface area (Å²) in [4.78, 5) is 3.21. The van der Waals surface area contributed by atoms with Crippen LogP contribution in [-0.4, -0.2) is 14.8 Å². The molecule has 98 valence electrons. The molecule has 0 spiro atoms. The van der Waals surface area contributed by atoms with Crippen molar-refractivity contribution in [3.05, 3.63) is 47.9 Å². The predicted octanol–water partition coefficient (Wildman–Crippen LogP) is 3.08. The first kappa shape index (κ1) is 11.8. The van der Waals surface area contributed by atoms with E-state index in [9.17, 15) is 0 Å². The molecular formula is C15H18N4. The SMILES string of the molecule is CCc1nn(C)cc1NCc1ccc2[nH]ccc2c1. The van der Waals surface area contributed by atoms with Crippen LogP contribution in [0.1, 0.15) is 18.2 Å². The van der Waals surface area contributed by atoms with E-state index in [1.807, 2.05) is 24.1 Å². The minimum absolute atomic E-state index is 0.819. The molecule has 0 fully saturated rings. The summed E-state index contributed by atoms with van der Waals surface area (Å²) in [5.41, 5.74) is 4.70. The number of aromatic amines is 1. The van der Waals surface area contributed by atoms with Crippen molar-refractivity contribution in [2.75, 3.05) is 5.32 Å². The first-order valence-electron chi connectivity index (χ1n) is 6.58. The Balaban J connectivity index is 1.77. The van der Waals surface area contributed by atoms with Gasteiger partial charge in [0, 0.05) is 31.5 Å². The molecule has 0 bridgehead atoms. The normalized spacial score (nSPS) is 11.1. The van der Waals surface area contributed by atoms with Crippen molar-refractivity contribution in [2.24, 2.45) is 7.05 Å². The molecule has 0 radical (unpaired) electrons. The molecule has 1 aromatic carbocycles. The van der Waals surface area contributed by atoms with E-state index in [0.29, 0.717) is 0 Å². The lowest BCUT2D eigenvalue weighted by atomic mass is 10.1. The molecule has 0 aliphatic carbocycles. The van der Waals surface area contributed by atoms with Gasteiger partial charge in [-0.3, -0.25) is 4.68 Å². The Labute approximate surface area is 112 Å². The largest absolute Gasteiger partial charge is 0.378 e. The molecule has 0 saturated carbocycles. The van der Waals surface area contributed by atoms with Gasteiger partial charge in [0.25, 0.3) is 0 Å². The predicted molar refractivity (Wildman–Crippen MR) is 78.2 cm³/mol. The molecule has 0 aliphatic rings. The number of anilines is 1. The highest BCUT2D eigenvalue weighted by Crippen LogP contribution is 2.18. The zero-order valence-electron chi connectivity index (χ0n) is 11.3. The first-order valence-corrected chi connectivity index (χ1v) is 6.58. The second kappa shape index (κ2) is 4.80. The molecule has 0 aliphatic heterocycles. The lowest BCUT2D eigenvalue weighted by Gasteiger charge is -2.06. The number of nitrogens with zero attached hydrogens (tertiary/aromatic N) is 2. The van der Waals surface area contributed by atoms with Gasteiger partial charge in [-0.25, -0.2) is 0 Å². The van der Waals surface area contributed by atoms with E-state index in [-0.39, 0.29) is 0 Å². The van der Waals surface area contributed by atoms with Gasteiger partial charge in [0.05, 0.1) is 11.4 Å². The molecule has 2 N–H and O–H groups in total. The Bertz CT molecular complexity index is 693. The molecule has 4 nitrogen and oxygen atoms in total. The van der Waals surface area contributed by atoms with Crippen molar-refractivity contribution >= 4 is 16.6 Å². The topological polar surface area (TPSA) is 45.6 Å². The van der Waals surface area contributed by atoms with Crippen LogP contribution in [0.2, 0.25) is 0 Å². The van der Waals surface area contributed by atoms with Crippen molar-refractivity contribution in [1.29, 1.82) is 0 Å². The number of hydrogen-bond donors (Lipinski definition) is 2. The van der Waals surface area contributed by atoms with Crippen molar-refractivity contribution in [3.63, 3.8) is 0 Å². The smallest absolute Gasteiger partial charge is 0.0853 e. The second-order valence-electron chi connectivity index (χ2n) is 4.77. The summed E-state index contributed by atoms with van der Waals surface area (Å²) in [6.45, 7) is 2.94.